The molecule has 0 fully saturated rings. The second-order valence-corrected chi connectivity index (χ2v) is 5.45. The first-order valence-electron chi connectivity index (χ1n) is 8.31. The monoisotopic (exact) mass is 363 g/mol. The third-order valence-electron chi connectivity index (χ3n) is 3.45. The van der Waals surface area contributed by atoms with Gasteiger partial charge in [0.1, 0.15) is 18.8 Å². The maximum atomic E-state index is 12.0. The SMILES string of the molecule is CC/C(C)=C(/NC(=O)CNC(=O)OCc1ccccc1)C(=O)NCCO. The highest BCUT2D eigenvalue weighted by Gasteiger charge is 2.16. The van der Waals surface area contributed by atoms with E-state index in [9.17, 15) is 14.4 Å². The van der Waals surface area contributed by atoms with Gasteiger partial charge in [0.15, 0.2) is 0 Å². The van der Waals surface area contributed by atoms with Crippen LogP contribution in [0.2, 0.25) is 0 Å². The van der Waals surface area contributed by atoms with Gasteiger partial charge in [0, 0.05) is 6.54 Å². The van der Waals surface area contributed by atoms with Crippen LogP contribution in [0.4, 0.5) is 4.79 Å². The predicted octanol–water partition coefficient (Wildman–Crippen LogP) is 0.821. The number of benzene rings is 1. The Morgan fingerprint density at radius 2 is 1.81 bits per heavy atom. The molecule has 3 amide bonds. The Bertz CT molecular complexity index is 643. The van der Waals surface area contributed by atoms with Crippen molar-refractivity contribution in [3.05, 3.63) is 47.2 Å². The van der Waals surface area contributed by atoms with Crippen molar-refractivity contribution in [2.75, 3.05) is 19.7 Å². The zero-order valence-corrected chi connectivity index (χ0v) is 15.0. The molecule has 0 spiro atoms. The molecule has 142 valence electrons. The molecule has 1 aromatic rings. The summed E-state index contributed by atoms with van der Waals surface area (Å²) < 4.78 is 5.00. The summed E-state index contributed by atoms with van der Waals surface area (Å²) in [7, 11) is 0. The van der Waals surface area contributed by atoms with Gasteiger partial charge in [0.2, 0.25) is 5.91 Å². The number of hydrogen-bond acceptors (Lipinski definition) is 5. The first-order chi connectivity index (χ1) is 12.5. The van der Waals surface area contributed by atoms with Gasteiger partial charge in [-0.3, -0.25) is 9.59 Å². The van der Waals surface area contributed by atoms with Crippen molar-refractivity contribution in [2.24, 2.45) is 0 Å². The summed E-state index contributed by atoms with van der Waals surface area (Å²) in [6.07, 6.45) is -0.166. The van der Waals surface area contributed by atoms with Crippen LogP contribution < -0.4 is 16.0 Å². The minimum atomic E-state index is -0.730. The van der Waals surface area contributed by atoms with Gasteiger partial charge in [-0.15, -0.1) is 0 Å². The van der Waals surface area contributed by atoms with Gasteiger partial charge in [0.25, 0.3) is 5.91 Å². The largest absolute Gasteiger partial charge is 0.445 e. The van der Waals surface area contributed by atoms with Crippen LogP contribution in [0.3, 0.4) is 0 Å². The van der Waals surface area contributed by atoms with Crippen LogP contribution in [0, 0.1) is 0 Å². The maximum Gasteiger partial charge on any atom is 0.407 e. The van der Waals surface area contributed by atoms with Crippen molar-refractivity contribution in [2.45, 2.75) is 26.9 Å². The Morgan fingerprint density at radius 1 is 1.12 bits per heavy atom. The Labute approximate surface area is 152 Å². The number of nitrogens with one attached hydrogen (secondary N) is 3. The Balaban J connectivity index is 2.47. The van der Waals surface area contributed by atoms with Gasteiger partial charge in [-0.1, -0.05) is 37.3 Å². The summed E-state index contributed by atoms with van der Waals surface area (Å²) in [5.74, 6) is -1.04. The van der Waals surface area contributed by atoms with Crippen molar-refractivity contribution in [3.63, 3.8) is 0 Å². The molecule has 1 aromatic carbocycles. The molecular formula is C18H25N3O5. The molecule has 0 aliphatic rings. The molecule has 8 heteroatoms. The lowest BCUT2D eigenvalue weighted by atomic mass is 10.1. The molecule has 0 saturated carbocycles. The van der Waals surface area contributed by atoms with E-state index in [1.54, 1.807) is 6.92 Å². The van der Waals surface area contributed by atoms with Gasteiger partial charge >= 0.3 is 6.09 Å². The molecule has 1 rings (SSSR count). The van der Waals surface area contributed by atoms with Crippen LogP contribution in [0.5, 0.6) is 0 Å². The molecule has 8 nitrogen and oxygen atoms in total. The fourth-order valence-corrected chi connectivity index (χ4v) is 1.90. The summed E-state index contributed by atoms with van der Waals surface area (Å²) in [6, 6.07) is 9.14. The normalized spacial score (nSPS) is 11.2. The van der Waals surface area contributed by atoms with Gasteiger partial charge < -0.3 is 25.8 Å². The number of carbonyl (C=O) groups is 3. The zero-order valence-electron chi connectivity index (χ0n) is 15.0. The lowest BCUT2D eigenvalue weighted by Crippen LogP contribution is -2.41. The van der Waals surface area contributed by atoms with E-state index < -0.39 is 17.9 Å². The number of aliphatic hydroxyl groups excluding tert-OH is 1. The molecule has 0 aliphatic carbocycles. The summed E-state index contributed by atoms with van der Waals surface area (Å²) in [6.45, 7) is 3.21. The van der Waals surface area contributed by atoms with E-state index in [-0.39, 0.29) is 32.0 Å². The molecule has 0 aliphatic heterocycles. The Morgan fingerprint density at radius 3 is 2.42 bits per heavy atom. The highest BCUT2D eigenvalue weighted by atomic mass is 16.5. The van der Waals surface area contributed by atoms with E-state index in [0.29, 0.717) is 12.0 Å². The molecule has 4 N–H and O–H groups in total. The van der Waals surface area contributed by atoms with Crippen molar-refractivity contribution in [3.8, 4) is 0 Å². The number of ether oxygens (including phenoxy) is 1. The summed E-state index contributed by atoms with van der Waals surface area (Å²) in [4.78, 5) is 35.7. The lowest BCUT2D eigenvalue weighted by Gasteiger charge is -2.13. The minimum absolute atomic E-state index is 0.0826. The molecule has 0 heterocycles. The van der Waals surface area contributed by atoms with Crippen LogP contribution in [0.1, 0.15) is 25.8 Å². The summed E-state index contributed by atoms with van der Waals surface area (Å²) >= 11 is 0. The predicted molar refractivity (Wildman–Crippen MR) is 95.9 cm³/mol. The average molecular weight is 363 g/mol. The number of amides is 3. The smallest absolute Gasteiger partial charge is 0.407 e. The standard InChI is InChI=1S/C18H25N3O5/c1-3-13(2)16(17(24)19-9-10-22)21-15(23)11-20-18(25)26-12-14-7-5-4-6-8-14/h4-8,22H,3,9-12H2,1-2H3,(H,19,24)(H,20,25)(H,21,23)/b16-13+. The zero-order chi connectivity index (χ0) is 19.4. The molecule has 0 atom stereocenters. The highest BCUT2D eigenvalue weighted by molar-refractivity contribution is 5.98. The van der Waals surface area contributed by atoms with Gasteiger partial charge in [-0.05, 0) is 24.5 Å². The quantitative estimate of drug-likeness (QED) is 0.485. The number of hydrogen-bond donors (Lipinski definition) is 4. The molecular weight excluding hydrogens is 338 g/mol. The number of carbonyl (C=O) groups excluding carboxylic acids is 3. The van der Waals surface area contributed by atoms with Crippen molar-refractivity contribution in [1.82, 2.24) is 16.0 Å². The molecule has 0 aromatic heterocycles. The second-order valence-electron chi connectivity index (χ2n) is 5.45. The van der Waals surface area contributed by atoms with E-state index >= 15 is 0 Å². The van der Waals surface area contributed by atoms with Gasteiger partial charge in [0.05, 0.1) is 6.61 Å². The molecule has 0 unspecified atom stereocenters. The molecule has 0 radical (unpaired) electrons. The fraction of sp³-hybridized carbons (Fsp3) is 0.389. The topological polar surface area (TPSA) is 117 Å². The molecule has 0 bridgehead atoms. The number of rotatable bonds is 9. The maximum absolute atomic E-state index is 12.0. The average Bonchev–Trinajstić information content (AvgIpc) is 2.67. The van der Waals surface area contributed by atoms with Crippen molar-refractivity contribution >= 4 is 17.9 Å². The molecule has 26 heavy (non-hydrogen) atoms. The van der Waals surface area contributed by atoms with Crippen LogP contribution in [0.15, 0.2) is 41.6 Å². The number of alkyl carbamates (subject to hydrolysis) is 1. The van der Waals surface area contributed by atoms with E-state index in [2.05, 4.69) is 16.0 Å². The van der Waals surface area contributed by atoms with Crippen LogP contribution in [-0.2, 0) is 20.9 Å². The minimum Gasteiger partial charge on any atom is -0.445 e. The second kappa shape index (κ2) is 11.6. The van der Waals surface area contributed by atoms with Gasteiger partial charge in [-0.2, -0.15) is 0 Å². The van der Waals surface area contributed by atoms with E-state index in [1.807, 2.05) is 37.3 Å². The highest BCUT2D eigenvalue weighted by Crippen LogP contribution is 2.05. The van der Waals surface area contributed by atoms with Crippen LogP contribution in [-0.4, -0.2) is 42.7 Å². The van der Waals surface area contributed by atoms with E-state index in [0.717, 1.165) is 5.56 Å². The van der Waals surface area contributed by atoms with Crippen LogP contribution >= 0.6 is 0 Å². The van der Waals surface area contributed by atoms with Gasteiger partial charge in [-0.25, -0.2) is 4.79 Å². The Kier molecular flexibility index (Phi) is 9.48. The number of allylic oxidation sites excluding steroid dienone is 1. The van der Waals surface area contributed by atoms with E-state index in [4.69, 9.17) is 9.84 Å². The van der Waals surface area contributed by atoms with E-state index in [1.165, 1.54) is 0 Å². The Hall–Kier alpha value is -2.87. The third kappa shape index (κ3) is 7.80. The number of aliphatic hydroxyl groups is 1. The molecule has 0 saturated heterocycles. The summed E-state index contributed by atoms with van der Waals surface area (Å²) in [5, 5.41) is 16.1. The first kappa shape index (κ1) is 21.2. The van der Waals surface area contributed by atoms with Crippen molar-refractivity contribution < 1.29 is 24.2 Å². The lowest BCUT2D eigenvalue weighted by molar-refractivity contribution is -0.123. The summed E-state index contributed by atoms with van der Waals surface area (Å²) in [5.41, 5.74) is 1.63. The van der Waals surface area contributed by atoms with Crippen LogP contribution in [0.25, 0.3) is 0 Å². The van der Waals surface area contributed by atoms with Crippen molar-refractivity contribution in [1.29, 1.82) is 0 Å². The fourth-order valence-electron chi connectivity index (χ4n) is 1.90. The first-order valence-corrected chi connectivity index (χ1v) is 8.31. The third-order valence-corrected chi connectivity index (χ3v) is 3.45.